The Morgan fingerprint density at radius 1 is 1.10 bits per heavy atom. The highest BCUT2D eigenvalue weighted by Gasteiger charge is 2.75. The molecule has 6 atom stereocenters. The molecule has 1 spiro atoms. The van der Waals surface area contributed by atoms with Gasteiger partial charge in [0.1, 0.15) is 11.6 Å². The van der Waals surface area contributed by atoms with Crippen LogP contribution in [-0.2, 0) is 19.1 Å². The van der Waals surface area contributed by atoms with E-state index in [9.17, 15) is 19.5 Å². The van der Waals surface area contributed by atoms with Gasteiger partial charge >= 0.3 is 0 Å². The lowest BCUT2D eigenvalue weighted by atomic mass is 9.70. The van der Waals surface area contributed by atoms with Crippen molar-refractivity contribution in [2.45, 2.75) is 69.7 Å². The Kier molecular flexibility index (Phi) is 9.28. The second-order valence-corrected chi connectivity index (χ2v) is 10.9. The number of aliphatic hydroxyl groups excluding tert-OH is 1. The number of carbonyl (C=O) groups is 3. The molecule has 8 heteroatoms. The molecule has 212 valence electrons. The lowest BCUT2D eigenvalue weighted by Gasteiger charge is -2.39. The van der Waals surface area contributed by atoms with Gasteiger partial charge in [-0.1, -0.05) is 62.8 Å². The standard InChI is InChI=1S/C31H43N3O5/c1-5-9-20-33(19-8-4)30(38)27-31-16-15-24(39-31)25(28(36)32(17-6-2)18-7-3)26(31)29(37)34(27)23(21-35)22-13-11-10-12-14-22/h6,8,10-14,23-27,35H,2,4-5,7,9,15-21H2,1,3H3/t23-,24+,25-,26+,27?,31?/m1/s1. The number of fused-ring (bicyclic) bond motifs is 1. The Balaban J connectivity index is 1.81. The number of amides is 3. The molecule has 2 bridgehead atoms. The first-order valence-corrected chi connectivity index (χ1v) is 14.3. The van der Waals surface area contributed by atoms with Crippen LogP contribution in [0.25, 0.3) is 0 Å². The zero-order valence-corrected chi connectivity index (χ0v) is 23.3. The van der Waals surface area contributed by atoms with Crippen molar-refractivity contribution in [2.24, 2.45) is 11.8 Å². The van der Waals surface area contributed by atoms with Crippen LogP contribution in [-0.4, -0.2) is 88.1 Å². The van der Waals surface area contributed by atoms with E-state index in [0.717, 1.165) is 24.8 Å². The molecule has 8 nitrogen and oxygen atoms in total. The van der Waals surface area contributed by atoms with E-state index in [1.165, 1.54) is 0 Å². The molecule has 1 aromatic rings. The largest absolute Gasteiger partial charge is 0.394 e. The van der Waals surface area contributed by atoms with Crippen LogP contribution >= 0.6 is 0 Å². The summed E-state index contributed by atoms with van der Waals surface area (Å²) in [5.74, 6) is -2.07. The van der Waals surface area contributed by atoms with Gasteiger partial charge in [-0.3, -0.25) is 14.4 Å². The van der Waals surface area contributed by atoms with E-state index in [0.29, 0.717) is 39.0 Å². The van der Waals surface area contributed by atoms with Gasteiger partial charge in [-0.2, -0.15) is 0 Å². The number of ether oxygens (including phenoxy) is 1. The molecule has 4 rings (SSSR count). The number of benzene rings is 1. The van der Waals surface area contributed by atoms with Crippen LogP contribution in [0, 0.1) is 11.8 Å². The summed E-state index contributed by atoms with van der Waals surface area (Å²) in [6.07, 6.45) is 6.62. The van der Waals surface area contributed by atoms with E-state index in [-0.39, 0.29) is 24.3 Å². The maximum atomic E-state index is 14.5. The fourth-order valence-corrected chi connectivity index (χ4v) is 6.91. The summed E-state index contributed by atoms with van der Waals surface area (Å²) in [5, 5.41) is 10.6. The molecule has 3 amide bonds. The molecule has 1 N–H and O–H groups in total. The fraction of sp³-hybridized carbons (Fsp3) is 0.581. The molecule has 3 aliphatic heterocycles. The number of likely N-dealkylation sites (tertiary alicyclic amines) is 1. The average molecular weight is 538 g/mol. The van der Waals surface area contributed by atoms with Crippen LogP contribution in [0.15, 0.2) is 55.6 Å². The molecular formula is C31H43N3O5. The Morgan fingerprint density at radius 2 is 1.77 bits per heavy atom. The lowest BCUT2D eigenvalue weighted by molar-refractivity contribution is -0.152. The molecule has 0 saturated carbocycles. The monoisotopic (exact) mass is 537 g/mol. The van der Waals surface area contributed by atoms with E-state index in [1.54, 1.807) is 26.9 Å². The Labute approximate surface area is 232 Å². The first-order valence-electron chi connectivity index (χ1n) is 14.3. The zero-order chi connectivity index (χ0) is 28.2. The molecule has 3 aliphatic rings. The van der Waals surface area contributed by atoms with Gasteiger partial charge in [-0.25, -0.2) is 0 Å². The minimum atomic E-state index is -1.11. The van der Waals surface area contributed by atoms with E-state index < -0.39 is 35.6 Å². The van der Waals surface area contributed by atoms with Crippen molar-refractivity contribution in [2.75, 3.05) is 32.8 Å². The first kappa shape index (κ1) is 29.0. The minimum Gasteiger partial charge on any atom is -0.394 e. The van der Waals surface area contributed by atoms with Gasteiger partial charge in [-0.05, 0) is 31.2 Å². The summed E-state index contributed by atoms with van der Waals surface area (Å²) < 4.78 is 6.63. The molecule has 0 aromatic heterocycles. The quantitative estimate of drug-likeness (QED) is 0.368. The van der Waals surface area contributed by atoms with Gasteiger partial charge < -0.3 is 24.5 Å². The highest BCUT2D eigenvalue weighted by molar-refractivity contribution is 5.99. The molecule has 39 heavy (non-hydrogen) atoms. The van der Waals surface area contributed by atoms with Gasteiger partial charge in [-0.15, -0.1) is 13.2 Å². The summed E-state index contributed by atoms with van der Waals surface area (Å²) in [6.45, 7) is 13.2. The smallest absolute Gasteiger partial charge is 0.248 e. The first-order chi connectivity index (χ1) is 18.9. The maximum Gasteiger partial charge on any atom is 0.248 e. The predicted octanol–water partition coefficient (Wildman–Crippen LogP) is 3.33. The van der Waals surface area contributed by atoms with Crippen molar-refractivity contribution in [3.05, 3.63) is 61.2 Å². The summed E-state index contributed by atoms with van der Waals surface area (Å²) in [5.41, 5.74) is -0.373. The zero-order valence-electron chi connectivity index (χ0n) is 23.3. The van der Waals surface area contributed by atoms with Crippen molar-refractivity contribution in [1.82, 2.24) is 14.7 Å². The average Bonchev–Trinajstić information content (AvgIpc) is 3.59. The van der Waals surface area contributed by atoms with E-state index in [4.69, 9.17) is 4.74 Å². The summed E-state index contributed by atoms with van der Waals surface area (Å²) in [6, 6.07) is 7.62. The van der Waals surface area contributed by atoms with Crippen LogP contribution < -0.4 is 0 Å². The van der Waals surface area contributed by atoms with Crippen LogP contribution in [0.2, 0.25) is 0 Å². The maximum absolute atomic E-state index is 14.5. The van der Waals surface area contributed by atoms with Gasteiger partial charge in [0.25, 0.3) is 0 Å². The number of hydrogen-bond acceptors (Lipinski definition) is 5. The predicted molar refractivity (Wildman–Crippen MR) is 149 cm³/mol. The number of rotatable bonds is 14. The Hall–Kier alpha value is -2.97. The second-order valence-electron chi connectivity index (χ2n) is 10.9. The van der Waals surface area contributed by atoms with Crippen molar-refractivity contribution >= 4 is 17.7 Å². The molecule has 3 heterocycles. The molecular weight excluding hydrogens is 494 g/mol. The number of unbranched alkanes of at least 4 members (excludes halogenated alkanes) is 1. The third-order valence-electron chi connectivity index (χ3n) is 8.55. The summed E-state index contributed by atoms with van der Waals surface area (Å²) >= 11 is 0. The highest BCUT2D eigenvalue weighted by Crippen LogP contribution is 2.60. The van der Waals surface area contributed by atoms with Crippen LogP contribution in [0.3, 0.4) is 0 Å². The van der Waals surface area contributed by atoms with Crippen molar-refractivity contribution < 1.29 is 24.2 Å². The molecule has 0 radical (unpaired) electrons. The molecule has 3 fully saturated rings. The van der Waals surface area contributed by atoms with Crippen molar-refractivity contribution in [3.63, 3.8) is 0 Å². The Bertz CT molecular complexity index is 1060. The van der Waals surface area contributed by atoms with Crippen molar-refractivity contribution in [3.8, 4) is 0 Å². The fourth-order valence-electron chi connectivity index (χ4n) is 6.91. The van der Waals surface area contributed by atoms with Crippen LogP contribution in [0.4, 0.5) is 0 Å². The number of carbonyl (C=O) groups excluding carboxylic acids is 3. The van der Waals surface area contributed by atoms with Gasteiger partial charge in [0, 0.05) is 26.2 Å². The van der Waals surface area contributed by atoms with Gasteiger partial charge in [0.05, 0.1) is 30.6 Å². The summed E-state index contributed by atoms with van der Waals surface area (Å²) in [7, 11) is 0. The minimum absolute atomic E-state index is 0.121. The molecule has 3 saturated heterocycles. The van der Waals surface area contributed by atoms with Gasteiger partial charge in [0.15, 0.2) is 0 Å². The van der Waals surface area contributed by atoms with E-state index in [2.05, 4.69) is 20.1 Å². The molecule has 1 aromatic carbocycles. The normalized spacial score (nSPS) is 27.8. The van der Waals surface area contributed by atoms with Crippen molar-refractivity contribution in [1.29, 1.82) is 0 Å². The number of aliphatic hydroxyl groups is 1. The van der Waals surface area contributed by atoms with Crippen LogP contribution in [0.1, 0.15) is 57.6 Å². The third kappa shape index (κ3) is 5.05. The SMILES string of the molecule is C=CCN(CCCC)C(=O)C1N([C@H](CO)c2ccccc2)C(=O)[C@@H]2[C@H](C(=O)N(CC=C)CCC)[C@@H]3CCC12O3. The summed E-state index contributed by atoms with van der Waals surface area (Å²) in [4.78, 5) is 47.8. The Morgan fingerprint density at radius 3 is 2.36 bits per heavy atom. The lowest BCUT2D eigenvalue weighted by Crippen LogP contribution is -2.57. The topological polar surface area (TPSA) is 90.4 Å². The number of nitrogens with zero attached hydrogens (tertiary/aromatic N) is 3. The molecule has 2 unspecified atom stereocenters. The van der Waals surface area contributed by atoms with E-state index in [1.807, 2.05) is 37.3 Å². The van der Waals surface area contributed by atoms with Gasteiger partial charge in [0.2, 0.25) is 17.7 Å². The van der Waals surface area contributed by atoms with Crippen LogP contribution in [0.5, 0.6) is 0 Å². The third-order valence-corrected chi connectivity index (χ3v) is 8.55. The highest BCUT2D eigenvalue weighted by atomic mass is 16.5. The second kappa shape index (κ2) is 12.5. The number of hydrogen-bond donors (Lipinski definition) is 1. The van der Waals surface area contributed by atoms with E-state index >= 15 is 0 Å². The molecule has 0 aliphatic carbocycles.